The van der Waals surface area contributed by atoms with Crippen LogP contribution in [0.3, 0.4) is 0 Å². The minimum absolute atomic E-state index is 0.0618. The normalized spacial score (nSPS) is 26.9. The molecule has 0 aromatic rings. The molecule has 0 aromatic carbocycles. The van der Waals surface area contributed by atoms with Crippen LogP contribution >= 0.6 is 0 Å². The second-order valence-corrected chi connectivity index (χ2v) is 8.23. The van der Waals surface area contributed by atoms with Gasteiger partial charge in [0.15, 0.2) is 9.84 Å². The minimum atomic E-state index is -3.15. The number of carbonyl (C=O) groups excluding carboxylic acids is 2. The van der Waals surface area contributed by atoms with E-state index in [1.807, 2.05) is 13.8 Å². The molecule has 0 spiro atoms. The van der Waals surface area contributed by atoms with Crippen LogP contribution < -0.4 is 5.32 Å². The molecule has 1 heterocycles. The summed E-state index contributed by atoms with van der Waals surface area (Å²) in [6.07, 6.45) is 2.98. The van der Waals surface area contributed by atoms with Crippen LogP contribution in [0.15, 0.2) is 0 Å². The van der Waals surface area contributed by atoms with Crippen LogP contribution in [0.1, 0.15) is 39.5 Å². The van der Waals surface area contributed by atoms with Crippen molar-refractivity contribution in [3.8, 4) is 0 Å². The first kappa shape index (κ1) is 16.3. The first-order chi connectivity index (χ1) is 9.89. The first-order valence-corrected chi connectivity index (χ1v) is 9.53. The fraction of sp³-hybridized carbons (Fsp3) is 0.857. The van der Waals surface area contributed by atoms with E-state index in [-0.39, 0.29) is 35.8 Å². The van der Waals surface area contributed by atoms with E-state index in [0.29, 0.717) is 12.8 Å². The number of rotatable bonds is 7. The molecule has 2 fully saturated rings. The van der Waals surface area contributed by atoms with E-state index in [9.17, 15) is 18.0 Å². The Morgan fingerprint density at radius 3 is 2.38 bits per heavy atom. The molecule has 6 nitrogen and oxygen atoms in total. The molecule has 0 bridgehead atoms. The second kappa shape index (κ2) is 6.34. The molecule has 0 aromatic heterocycles. The zero-order valence-electron chi connectivity index (χ0n) is 12.7. The molecule has 2 amide bonds. The highest BCUT2D eigenvalue weighted by Gasteiger charge is 2.46. The van der Waals surface area contributed by atoms with Crippen LogP contribution in [0, 0.1) is 5.92 Å². The third-order valence-corrected chi connectivity index (χ3v) is 6.00. The topological polar surface area (TPSA) is 83.6 Å². The molecule has 21 heavy (non-hydrogen) atoms. The van der Waals surface area contributed by atoms with Crippen molar-refractivity contribution >= 4 is 21.7 Å². The number of nitrogens with zero attached hydrogens (tertiary/aromatic N) is 1. The van der Waals surface area contributed by atoms with Crippen molar-refractivity contribution in [3.05, 3.63) is 0 Å². The Labute approximate surface area is 126 Å². The zero-order chi connectivity index (χ0) is 15.6. The summed E-state index contributed by atoms with van der Waals surface area (Å²) in [6.45, 7) is 3.77. The van der Waals surface area contributed by atoms with Gasteiger partial charge in [0.2, 0.25) is 11.8 Å². The average molecular weight is 316 g/mol. The van der Waals surface area contributed by atoms with Gasteiger partial charge in [-0.25, -0.2) is 8.42 Å². The van der Waals surface area contributed by atoms with Gasteiger partial charge in [-0.05, 0) is 31.6 Å². The average Bonchev–Trinajstić information content (AvgIpc) is 3.23. The van der Waals surface area contributed by atoms with Crippen molar-refractivity contribution < 1.29 is 18.0 Å². The van der Waals surface area contributed by atoms with Gasteiger partial charge in [0, 0.05) is 12.3 Å². The van der Waals surface area contributed by atoms with Crippen LogP contribution in [0.2, 0.25) is 0 Å². The molecule has 1 saturated carbocycles. The predicted molar refractivity (Wildman–Crippen MR) is 79.4 cm³/mol. The Balaban J connectivity index is 2.08. The summed E-state index contributed by atoms with van der Waals surface area (Å²) in [4.78, 5) is 26.1. The lowest BCUT2D eigenvalue weighted by molar-refractivity contribution is -0.149. The van der Waals surface area contributed by atoms with E-state index in [4.69, 9.17) is 0 Å². The summed E-state index contributed by atoms with van der Waals surface area (Å²) in [5, 5.41) is 2.80. The van der Waals surface area contributed by atoms with Crippen LogP contribution in [-0.2, 0) is 19.4 Å². The van der Waals surface area contributed by atoms with E-state index in [2.05, 4.69) is 5.32 Å². The van der Waals surface area contributed by atoms with Gasteiger partial charge < -0.3 is 10.2 Å². The molecule has 2 aliphatic rings. The molecule has 1 aliphatic heterocycles. The molecule has 2 unspecified atom stereocenters. The van der Waals surface area contributed by atoms with Crippen molar-refractivity contribution in [1.82, 2.24) is 10.2 Å². The molecule has 7 heteroatoms. The number of hydrogen-bond donors (Lipinski definition) is 1. The van der Waals surface area contributed by atoms with E-state index < -0.39 is 21.9 Å². The maximum atomic E-state index is 12.5. The number of piperazine rings is 1. The molecular formula is C14H24N2O4S. The predicted octanol–water partition coefficient (Wildman–Crippen LogP) is 0.327. The number of nitrogens with one attached hydrogen (secondary N) is 1. The van der Waals surface area contributed by atoms with Gasteiger partial charge in [-0.2, -0.15) is 0 Å². The van der Waals surface area contributed by atoms with E-state index >= 15 is 0 Å². The van der Waals surface area contributed by atoms with Crippen molar-refractivity contribution in [3.63, 3.8) is 0 Å². The highest BCUT2D eigenvalue weighted by atomic mass is 32.2. The van der Waals surface area contributed by atoms with Gasteiger partial charge >= 0.3 is 0 Å². The first-order valence-electron chi connectivity index (χ1n) is 7.71. The van der Waals surface area contributed by atoms with Gasteiger partial charge in [-0.1, -0.05) is 13.8 Å². The van der Waals surface area contributed by atoms with Crippen LogP contribution in [0.5, 0.6) is 0 Å². The fourth-order valence-corrected chi connectivity index (χ4v) is 4.16. The summed E-state index contributed by atoms with van der Waals surface area (Å²) in [5.41, 5.74) is 0. The molecule has 1 N–H and O–H groups in total. The lowest BCUT2D eigenvalue weighted by atomic mass is 10.0. The highest BCUT2D eigenvalue weighted by Crippen LogP contribution is 2.35. The van der Waals surface area contributed by atoms with Crippen LogP contribution in [-0.4, -0.2) is 55.3 Å². The highest BCUT2D eigenvalue weighted by molar-refractivity contribution is 7.91. The van der Waals surface area contributed by atoms with Crippen molar-refractivity contribution in [2.75, 3.05) is 18.1 Å². The molecule has 1 saturated heterocycles. The fourth-order valence-electron chi connectivity index (χ4n) is 2.86. The molecule has 2 rings (SSSR count). The van der Waals surface area contributed by atoms with Gasteiger partial charge in [-0.15, -0.1) is 0 Å². The van der Waals surface area contributed by atoms with Gasteiger partial charge in [-0.3, -0.25) is 9.59 Å². The third kappa shape index (κ3) is 3.75. The summed E-state index contributed by atoms with van der Waals surface area (Å²) in [7, 11) is -3.15. The van der Waals surface area contributed by atoms with E-state index in [1.54, 1.807) is 0 Å². The summed E-state index contributed by atoms with van der Waals surface area (Å²) in [6, 6.07) is -0.987. The molecule has 1 aliphatic carbocycles. The van der Waals surface area contributed by atoms with Crippen molar-refractivity contribution in [2.45, 2.75) is 51.6 Å². The summed E-state index contributed by atoms with van der Waals surface area (Å²) >= 11 is 0. The van der Waals surface area contributed by atoms with Crippen LogP contribution in [0.4, 0.5) is 0 Å². The maximum absolute atomic E-state index is 12.5. The molecule has 0 radical (unpaired) electrons. The molecular weight excluding hydrogens is 292 g/mol. The monoisotopic (exact) mass is 316 g/mol. The Bertz CT molecular complexity index is 513. The van der Waals surface area contributed by atoms with Gasteiger partial charge in [0.1, 0.15) is 12.1 Å². The Morgan fingerprint density at radius 1 is 1.19 bits per heavy atom. The second-order valence-electron chi connectivity index (χ2n) is 5.93. The summed E-state index contributed by atoms with van der Waals surface area (Å²) in [5.74, 6) is 0.0317. The Kier molecular flexibility index (Phi) is 4.91. The smallest absolute Gasteiger partial charge is 0.246 e. The van der Waals surface area contributed by atoms with E-state index in [1.165, 1.54) is 4.90 Å². The number of hydrogen-bond acceptors (Lipinski definition) is 4. The Hall–Kier alpha value is -1.11. The quantitative estimate of drug-likeness (QED) is 0.733. The van der Waals surface area contributed by atoms with Crippen LogP contribution in [0.25, 0.3) is 0 Å². The lowest BCUT2D eigenvalue weighted by Crippen LogP contribution is -2.64. The van der Waals surface area contributed by atoms with Crippen molar-refractivity contribution in [1.29, 1.82) is 0 Å². The lowest BCUT2D eigenvalue weighted by Gasteiger charge is -2.38. The molecule has 120 valence electrons. The van der Waals surface area contributed by atoms with Gasteiger partial charge in [0.25, 0.3) is 0 Å². The van der Waals surface area contributed by atoms with Gasteiger partial charge in [0.05, 0.1) is 5.75 Å². The standard InChI is InChI=1S/C14H24N2O4S/c1-3-8-21(19,20)9-7-16-11(4-2)13(17)15-12(14(16)18)10-5-6-10/h10-12H,3-9H2,1-2H3,(H,15,17). The number of amides is 2. The van der Waals surface area contributed by atoms with E-state index in [0.717, 1.165) is 12.8 Å². The Morgan fingerprint density at radius 2 is 1.86 bits per heavy atom. The molecule has 2 atom stereocenters. The summed E-state index contributed by atoms with van der Waals surface area (Å²) < 4.78 is 23.7. The maximum Gasteiger partial charge on any atom is 0.246 e. The number of sulfone groups is 1. The largest absolute Gasteiger partial charge is 0.342 e. The zero-order valence-corrected chi connectivity index (χ0v) is 13.5. The minimum Gasteiger partial charge on any atom is -0.342 e. The number of carbonyl (C=O) groups is 2. The third-order valence-electron chi connectivity index (χ3n) is 4.16. The SMILES string of the molecule is CCCS(=O)(=O)CCN1C(=O)C(C2CC2)NC(=O)C1CC. The van der Waals surface area contributed by atoms with Crippen molar-refractivity contribution in [2.24, 2.45) is 5.92 Å².